The average molecular weight is 475 g/mol. The lowest BCUT2D eigenvalue weighted by atomic mass is 10.0. The summed E-state index contributed by atoms with van der Waals surface area (Å²) in [4.78, 5) is 36.2. The molecule has 2 N–H and O–H groups in total. The molecular formula is C24H34N4O2S2. The van der Waals surface area contributed by atoms with Crippen molar-refractivity contribution in [3.8, 4) is 0 Å². The molecule has 2 aliphatic carbocycles. The van der Waals surface area contributed by atoms with Crippen molar-refractivity contribution >= 4 is 44.8 Å². The largest absolute Gasteiger partial charge is 0.302 e. The Kier molecular flexibility index (Phi) is 8.68. The molecule has 2 aromatic rings. The highest BCUT2D eigenvalue weighted by molar-refractivity contribution is 7.16. The monoisotopic (exact) mass is 474 g/mol. The van der Waals surface area contributed by atoms with Crippen molar-refractivity contribution in [2.75, 3.05) is 10.6 Å². The van der Waals surface area contributed by atoms with Gasteiger partial charge < -0.3 is 10.6 Å². The van der Waals surface area contributed by atoms with Gasteiger partial charge >= 0.3 is 0 Å². The fourth-order valence-electron chi connectivity index (χ4n) is 4.45. The SMILES string of the molecule is O=C(CCCCCCCCC(=O)Nc1nc2c(s1)CCCC2)Nc1nc2c(s1)CCCC2. The molecule has 0 spiro atoms. The standard InChI is InChI=1S/C24H34N4O2S2/c29-21(27-23-25-17-11-7-9-13-19(17)31-23)15-5-3-1-2-4-6-16-22(30)28-24-26-18-12-8-10-14-20(18)32-24/h1-16H2,(H,25,27,29)(H,26,28,30). The highest BCUT2D eigenvalue weighted by Crippen LogP contribution is 2.30. The molecule has 2 heterocycles. The Hall–Kier alpha value is -1.80. The number of fused-ring (bicyclic) bond motifs is 2. The molecule has 2 aromatic heterocycles. The van der Waals surface area contributed by atoms with Crippen LogP contribution in [0.1, 0.15) is 98.2 Å². The summed E-state index contributed by atoms with van der Waals surface area (Å²) in [7, 11) is 0. The van der Waals surface area contributed by atoms with Crippen molar-refractivity contribution in [1.82, 2.24) is 9.97 Å². The number of anilines is 2. The molecule has 0 radical (unpaired) electrons. The Morgan fingerprint density at radius 2 is 1.03 bits per heavy atom. The van der Waals surface area contributed by atoms with Crippen LogP contribution in [-0.2, 0) is 35.3 Å². The predicted molar refractivity (Wildman–Crippen MR) is 132 cm³/mol. The third-order valence-corrected chi connectivity index (χ3v) is 8.39. The van der Waals surface area contributed by atoms with Gasteiger partial charge in [0.05, 0.1) is 11.4 Å². The van der Waals surface area contributed by atoms with Gasteiger partial charge in [-0.2, -0.15) is 0 Å². The van der Waals surface area contributed by atoms with Gasteiger partial charge in [0.1, 0.15) is 0 Å². The first-order valence-electron chi connectivity index (χ1n) is 12.2. The van der Waals surface area contributed by atoms with Gasteiger partial charge in [0, 0.05) is 22.6 Å². The van der Waals surface area contributed by atoms with E-state index in [0.717, 1.165) is 74.5 Å². The van der Waals surface area contributed by atoms with Crippen LogP contribution in [0.4, 0.5) is 10.3 Å². The van der Waals surface area contributed by atoms with Gasteiger partial charge in [-0.25, -0.2) is 9.97 Å². The number of aryl methyl sites for hydroxylation is 4. The lowest BCUT2D eigenvalue weighted by Crippen LogP contribution is -2.11. The maximum absolute atomic E-state index is 12.2. The van der Waals surface area contributed by atoms with E-state index in [0.29, 0.717) is 12.8 Å². The molecule has 0 unspecified atom stereocenters. The second-order valence-corrected chi connectivity index (χ2v) is 11.1. The Labute approximate surface area is 198 Å². The lowest BCUT2D eigenvalue weighted by molar-refractivity contribution is -0.117. The number of unbranched alkanes of at least 4 members (excludes halogenated alkanes) is 5. The Morgan fingerprint density at radius 1 is 0.625 bits per heavy atom. The second-order valence-electron chi connectivity index (χ2n) is 8.91. The molecule has 6 nitrogen and oxygen atoms in total. The quantitative estimate of drug-likeness (QED) is 0.388. The van der Waals surface area contributed by atoms with Crippen LogP contribution >= 0.6 is 22.7 Å². The maximum Gasteiger partial charge on any atom is 0.226 e. The predicted octanol–water partition coefficient (Wildman–Crippen LogP) is 6.06. The highest BCUT2D eigenvalue weighted by Gasteiger charge is 2.17. The molecular weight excluding hydrogens is 440 g/mol. The first-order chi connectivity index (χ1) is 15.7. The van der Waals surface area contributed by atoms with Gasteiger partial charge in [0.15, 0.2) is 10.3 Å². The first kappa shape index (κ1) is 23.4. The molecule has 0 fully saturated rings. The smallest absolute Gasteiger partial charge is 0.226 e. The molecule has 0 aliphatic heterocycles. The molecule has 0 saturated heterocycles. The van der Waals surface area contributed by atoms with E-state index in [1.165, 1.54) is 46.8 Å². The summed E-state index contributed by atoms with van der Waals surface area (Å²) in [5.74, 6) is 0.160. The van der Waals surface area contributed by atoms with Crippen molar-refractivity contribution < 1.29 is 9.59 Å². The van der Waals surface area contributed by atoms with Crippen molar-refractivity contribution in [3.05, 3.63) is 21.1 Å². The normalized spacial score (nSPS) is 15.1. The minimum atomic E-state index is 0.0802. The summed E-state index contributed by atoms with van der Waals surface area (Å²) in [6, 6.07) is 0. The zero-order chi connectivity index (χ0) is 22.2. The minimum Gasteiger partial charge on any atom is -0.302 e. The van der Waals surface area contributed by atoms with Gasteiger partial charge in [-0.15, -0.1) is 22.7 Å². The van der Waals surface area contributed by atoms with E-state index in [-0.39, 0.29) is 11.8 Å². The van der Waals surface area contributed by atoms with Crippen LogP contribution < -0.4 is 10.6 Å². The minimum absolute atomic E-state index is 0.0802. The number of nitrogens with one attached hydrogen (secondary N) is 2. The zero-order valence-electron chi connectivity index (χ0n) is 18.8. The van der Waals surface area contributed by atoms with Crippen LogP contribution in [0, 0.1) is 0 Å². The van der Waals surface area contributed by atoms with Crippen LogP contribution in [0.25, 0.3) is 0 Å². The van der Waals surface area contributed by atoms with Crippen molar-refractivity contribution in [3.63, 3.8) is 0 Å². The molecule has 0 atom stereocenters. The number of hydrogen-bond donors (Lipinski definition) is 2. The molecule has 32 heavy (non-hydrogen) atoms. The number of carbonyl (C=O) groups is 2. The second kappa shape index (κ2) is 11.9. The number of nitrogens with zero attached hydrogens (tertiary/aromatic N) is 2. The van der Waals surface area contributed by atoms with Crippen LogP contribution in [0.2, 0.25) is 0 Å². The van der Waals surface area contributed by atoms with E-state index in [1.807, 2.05) is 0 Å². The fraction of sp³-hybridized carbons (Fsp3) is 0.667. The Bertz CT molecular complexity index is 800. The van der Waals surface area contributed by atoms with E-state index in [1.54, 1.807) is 22.7 Å². The van der Waals surface area contributed by atoms with Crippen LogP contribution in [0.3, 0.4) is 0 Å². The van der Waals surface area contributed by atoms with E-state index in [9.17, 15) is 9.59 Å². The first-order valence-corrected chi connectivity index (χ1v) is 13.9. The molecule has 2 aliphatic rings. The van der Waals surface area contributed by atoms with Gasteiger partial charge in [-0.05, 0) is 64.2 Å². The van der Waals surface area contributed by atoms with Crippen LogP contribution in [-0.4, -0.2) is 21.8 Å². The number of aromatic nitrogens is 2. The van der Waals surface area contributed by atoms with Gasteiger partial charge in [0.2, 0.25) is 11.8 Å². The topological polar surface area (TPSA) is 84.0 Å². The summed E-state index contributed by atoms with van der Waals surface area (Å²) >= 11 is 3.29. The number of carbonyl (C=O) groups excluding carboxylic acids is 2. The summed E-state index contributed by atoms with van der Waals surface area (Å²) in [5.41, 5.74) is 2.38. The van der Waals surface area contributed by atoms with Crippen molar-refractivity contribution in [2.24, 2.45) is 0 Å². The number of hydrogen-bond acceptors (Lipinski definition) is 6. The zero-order valence-corrected chi connectivity index (χ0v) is 20.5. The lowest BCUT2D eigenvalue weighted by Gasteiger charge is -2.06. The number of thiazole rings is 2. The summed E-state index contributed by atoms with van der Waals surface area (Å²) < 4.78 is 0. The molecule has 0 bridgehead atoms. The summed E-state index contributed by atoms with van der Waals surface area (Å²) in [6.45, 7) is 0. The molecule has 8 heteroatoms. The van der Waals surface area contributed by atoms with E-state index >= 15 is 0 Å². The van der Waals surface area contributed by atoms with Crippen LogP contribution in [0.5, 0.6) is 0 Å². The Morgan fingerprint density at radius 3 is 1.47 bits per heavy atom. The van der Waals surface area contributed by atoms with E-state index in [2.05, 4.69) is 20.6 Å². The summed E-state index contributed by atoms with van der Waals surface area (Å²) in [5, 5.41) is 7.51. The fourth-order valence-corrected chi connectivity index (χ4v) is 6.58. The molecule has 2 amide bonds. The van der Waals surface area contributed by atoms with Crippen LogP contribution in [0.15, 0.2) is 0 Å². The molecule has 4 rings (SSSR count). The van der Waals surface area contributed by atoms with E-state index in [4.69, 9.17) is 0 Å². The van der Waals surface area contributed by atoms with Gasteiger partial charge in [-0.1, -0.05) is 25.7 Å². The van der Waals surface area contributed by atoms with E-state index < -0.39 is 0 Å². The van der Waals surface area contributed by atoms with Gasteiger partial charge in [-0.3, -0.25) is 9.59 Å². The number of rotatable bonds is 11. The summed E-state index contributed by atoms with van der Waals surface area (Å²) in [6.07, 6.45) is 16.5. The molecule has 0 saturated carbocycles. The average Bonchev–Trinajstić information content (AvgIpc) is 3.38. The van der Waals surface area contributed by atoms with Gasteiger partial charge in [0.25, 0.3) is 0 Å². The highest BCUT2D eigenvalue weighted by atomic mass is 32.1. The molecule has 0 aromatic carbocycles. The Balaban J connectivity index is 1.01. The van der Waals surface area contributed by atoms with Crippen molar-refractivity contribution in [2.45, 2.75) is 103 Å². The third-order valence-electron chi connectivity index (χ3n) is 6.24. The van der Waals surface area contributed by atoms with Crippen molar-refractivity contribution in [1.29, 1.82) is 0 Å². The number of amides is 2. The third kappa shape index (κ3) is 6.85. The maximum atomic E-state index is 12.2. The molecule has 174 valence electrons.